The van der Waals surface area contributed by atoms with Crippen LogP contribution in [0.5, 0.6) is 0 Å². The first-order valence-electron chi connectivity index (χ1n) is 49.6. The minimum atomic E-state index is -0.274. The van der Waals surface area contributed by atoms with Gasteiger partial charge in [0.25, 0.3) is 0 Å². The highest BCUT2D eigenvalue weighted by molar-refractivity contribution is 5.23. The van der Waals surface area contributed by atoms with Crippen molar-refractivity contribution >= 4 is 0 Å². The second-order valence-corrected chi connectivity index (χ2v) is 39.2. The van der Waals surface area contributed by atoms with Crippen LogP contribution >= 0.6 is 0 Å². The molecule has 139 heavy (non-hydrogen) atoms. The van der Waals surface area contributed by atoms with Crippen LogP contribution in [0.25, 0.3) is 0 Å². The Balaban J connectivity index is 0.000000748. The molecule has 1 aliphatic carbocycles. The van der Waals surface area contributed by atoms with Crippen LogP contribution in [0.1, 0.15) is 441 Å². The lowest BCUT2D eigenvalue weighted by Gasteiger charge is -2.05. The molecule has 0 saturated heterocycles. The maximum atomic E-state index is 12.3. The quantitative estimate of drug-likeness (QED) is 0.0462. The van der Waals surface area contributed by atoms with Gasteiger partial charge in [-0.1, -0.05) is 237 Å². The highest BCUT2D eigenvalue weighted by atomic mass is 19.1. The third kappa shape index (κ3) is 53.4. The number of nitrogens with one attached hydrogen (secondary N) is 6. The molecule has 1 saturated carbocycles. The Morgan fingerprint density at radius 2 is 0.899 bits per heavy atom. The average molecular weight is 1900 g/mol. The molecule has 24 heteroatoms. The van der Waals surface area contributed by atoms with Crippen molar-refractivity contribution in [1.82, 2.24) is 105 Å². The van der Waals surface area contributed by atoms with Gasteiger partial charge in [-0.3, -0.25) is 59.2 Å². The number of terminal acetylenes is 1. The first-order chi connectivity index (χ1) is 65.4. The van der Waals surface area contributed by atoms with E-state index in [0.29, 0.717) is 88.9 Å². The van der Waals surface area contributed by atoms with Crippen molar-refractivity contribution in [3.63, 3.8) is 0 Å². The number of H-pyrrole nitrogens is 6. The predicted molar refractivity (Wildman–Crippen MR) is 581 cm³/mol. The molecule has 0 atom stereocenters. The lowest BCUT2D eigenvalue weighted by Crippen LogP contribution is -2.03. The normalized spacial score (nSPS) is 11.0. The van der Waals surface area contributed by atoms with Gasteiger partial charge in [0.15, 0.2) is 0 Å². The van der Waals surface area contributed by atoms with Gasteiger partial charge in [0.2, 0.25) is 11.1 Å². The number of imidazole rings is 2. The number of aryl methyl sites for hydroxylation is 8. The number of aromatic amines is 6. The van der Waals surface area contributed by atoms with Gasteiger partial charge in [0.1, 0.15) is 17.5 Å². The summed E-state index contributed by atoms with van der Waals surface area (Å²) in [6, 6.07) is 39.3. The molecule has 6 N–H and O–H groups in total. The van der Waals surface area contributed by atoms with Crippen LogP contribution in [0.2, 0.25) is 0 Å². The molecule has 0 bridgehead atoms. The maximum absolute atomic E-state index is 12.3. The Bertz CT molecular complexity index is 5200. The van der Waals surface area contributed by atoms with E-state index < -0.39 is 0 Å². The lowest BCUT2D eigenvalue weighted by molar-refractivity contribution is 0.523. The van der Waals surface area contributed by atoms with Crippen LogP contribution in [0.3, 0.4) is 0 Å². The third-order valence-electron chi connectivity index (χ3n) is 21.4. The number of rotatable bonds is 17. The topological polar surface area (TPSA) is 298 Å². The second-order valence-electron chi connectivity index (χ2n) is 39.2. The smallest absolute Gasteiger partial charge is 0.247 e. The summed E-state index contributed by atoms with van der Waals surface area (Å²) in [6.07, 6.45) is 33.8. The summed E-state index contributed by atoms with van der Waals surface area (Å²) in [5.41, 5.74) is 22.5. The predicted octanol–water partition coefficient (Wildman–Crippen LogP) is 29.2. The maximum Gasteiger partial charge on any atom is 0.247 e. The van der Waals surface area contributed by atoms with E-state index in [1.54, 1.807) is 36.8 Å². The van der Waals surface area contributed by atoms with Crippen LogP contribution in [0, 0.1) is 53.3 Å². The zero-order chi connectivity index (χ0) is 105. The van der Waals surface area contributed by atoms with E-state index in [0.717, 1.165) is 63.8 Å². The number of hydrogen-bond acceptors (Lipinski definition) is 14. The Morgan fingerprint density at radius 1 is 0.410 bits per heavy atom. The van der Waals surface area contributed by atoms with Crippen LogP contribution < -0.4 is 11.1 Å². The molecule has 0 amide bonds. The van der Waals surface area contributed by atoms with Gasteiger partial charge in [-0.25, -0.2) is 14.4 Å². The molecule has 0 spiro atoms. The van der Waals surface area contributed by atoms with E-state index in [4.69, 9.17) is 0 Å². The fourth-order valence-corrected chi connectivity index (χ4v) is 11.8. The lowest BCUT2D eigenvalue weighted by atomic mass is 10.1. The fraction of sp³-hybridized carbons (Fsp3) is 0.496. The Morgan fingerprint density at radius 3 is 1.19 bits per heavy atom. The van der Waals surface area contributed by atoms with E-state index in [-0.39, 0.29) is 16.9 Å². The molecule has 14 aromatic heterocycles. The minimum absolute atomic E-state index is 0.0376. The highest BCUT2D eigenvalue weighted by Crippen LogP contribution is 2.39. The number of halogens is 1. The second kappa shape index (κ2) is 67.8. The Labute approximate surface area is 835 Å². The summed E-state index contributed by atoms with van der Waals surface area (Å²) >= 11 is 0. The van der Waals surface area contributed by atoms with Crippen molar-refractivity contribution in [2.45, 2.75) is 363 Å². The van der Waals surface area contributed by atoms with E-state index in [9.17, 15) is 14.0 Å². The number of pyridine rings is 7. The minimum Gasteiger partial charge on any atom is -0.346 e. The van der Waals surface area contributed by atoms with Crippen LogP contribution in [0.15, 0.2) is 205 Å². The van der Waals surface area contributed by atoms with Crippen molar-refractivity contribution in [3.05, 3.63) is 341 Å². The van der Waals surface area contributed by atoms with Gasteiger partial charge < -0.3 is 19.5 Å². The molecule has 0 aliphatic heterocycles. The standard InChI is InChI=1S/C9H14N2.C9H16N2.2C9H13N.C8H10FN.2C8H14N2.2C8H11NO.2C8H11N.3C7H12N2.C2H2/c1-6(2)8-5-9(11-10-8)7-3-4-7;1-7(2)9-5-6-11(10-9)8(3)4;1-7(2)9-5-4-8(3)10-6-9;1-7(2)9-8(3)5-4-6-10-9;1-6(2)8-4-3-7(9)5-10-8;1-6(2)8-5-10(4)7(3)9-8;1-4-7-5-8(6(2)3)10-9-7;2*1-6(2)7-3-4-8(10)9-5-7;1-7(2)8-4-3-5-9-6-8;1-7(2)8-5-3-4-6-9-8;1-6(2)7-4-5-9(3)8-7;1-5(2)7-4-8-6(3)9-7;1-5(2)7-4-6(3)8-9-7;1-2/h5-7H,3-4H2,1-2H3,(H,10,11);5-8H,1-4H3;2*4-7H,1-3H3;3-6H,1-2H3;5-6H,1-4H3;5-6H,4H2,1-3H3,(H,9,10);2*3-6H,1-2H3,(H,9,10);2*3-7H,1-2H3;4-6H,1-3H3;2*4-5H,1-3H3,(H,8,9);1-2H. The van der Waals surface area contributed by atoms with E-state index >= 15 is 0 Å². The number of hydrogen-bond donors (Lipinski definition) is 6. The molecule has 14 heterocycles. The van der Waals surface area contributed by atoms with Crippen molar-refractivity contribution in [3.8, 4) is 12.8 Å². The van der Waals surface area contributed by atoms with E-state index in [2.05, 4.69) is 370 Å². The molecule has 15 rings (SSSR count). The van der Waals surface area contributed by atoms with E-state index in [1.165, 1.54) is 92.8 Å². The SMILES string of the molecule is C#C.CC(C)c1cc(C2CC2)[nH]n1.CC(C)c1ccc(=O)[nH]c1.CC(C)c1ccc(=O)[nH]c1.CC(C)c1ccc(F)cn1.CC(C)c1ccccn1.CC(C)c1cccnc1.CC(C)c1ccn(C(C)C)n1.CC(C)c1ccn(C)n1.CCc1cc(C(C)C)n[nH]1.Cc1cc(C(C)C)n[nH]1.Cc1ccc(C(C)C)cn1.Cc1cccnc1C(C)C.Cc1nc(C(C)C)cn1C.Cc1ncc(C(C)C)[nH]1. The number of aromatic nitrogens is 21. The Hall–Kier alpha value is -12.4. The fourth-order valence-electron chi connectivity index (χ4n) is 11.8. The van der Waals surface area contributed by atoms with Gasteiger partial charge in [0, 0.05) is 152 Å². The van der Waals surface area contributed by atoms with Crippen molar-refractivity contribution in [1.29, 1.82) is 0 Å². The van der Waals surface area contributed by atoms with Crippen LogP contribution in [0.4, 0.5) is 4.39 Å². The largest absolute Gasteiger partial charge is 0.346 e. The molecule has 1 fully saturated rings. The van der Waals surface area contributed by atoms with Crippen LogP contribution in [-0.2, 0) is 20.5 Å². The molecule has 14 aromatic rings. The first kappa shape index (κ1) is 125. The molecule has 1 aliphatic rings. The number of nitrogens with zero attached hydrogens (tertiary/aromatic N) is 15. The van der Waals surface area contributed by atoms with Gasteiger partial charge >= 0.3 is 0 Å². The first-order valence-corrected chi connectivity index (χ1v) is 49.6. The molecule has 23 nitrogen and oxygen atoms in total. The molecule has 760 valence electrons. The average Bonchev–Trinajstić information content (AvgIpc) is 1.69. The highest BCUT2D eigenvalue weighted by Gasteiger charge is 2.26. The van der Waals surface area contributed by atoms with Crippen LogP contribution in [-0.4, -0.2) is 105 Å². The summed E-state index contributed by atoms with van der Waals surface area (Å²) < 4.78 is 18.2. The molecule has 0 unspecified atom stereocenters. The third-order valence-corrected chi connectivity index (χ3v) is 21.4. The summed E-state index contributed by atoms with van der Waals surface area (Å²) in [5, 5.41) is 30.1. The molecule has 0 radical (unpaired) electrons. The molecular formula is C115H176FN21O2. The van der Waals surface area contributed by atoms with Gasteiger partial charge in [-0.2, -0.15) is 25.5 Å². The summed E-state index contributed by atoms with van der Waals surface area (Å²) in [7, 11) is 3.96. The summed E-state index contributed by atoms with van der Waals surface area (Å²) in [6.45, 7) is 76.3. The zero-order valence-electron chi connectivity index (χ0n) is 91.9. The van der Waals surface area contributed by atoms with Gasteiger partial charge in [0.05, 0.1) is 40.4 Å². The summed E-state index contributed by atoms with van der Waals surface area (Å²) in [5.74, 6) is 10.0. The van der Waals surface area contributed by atoms with Gasteiger partial charge in [-0.15, -0.1) is 12.8 Å². The van der Waals surface area contributed by atoms with Crippen molar-refractivity contribution in [2.75, 3.05) is 0 Å². The molecular weight excluding hydrogens is 1730 g/mol. The van der Waals surface area contributed by atoms with Gasteiger partial charge in [-0.05, 0) is 251 Å². The van der Waals surface area contributed by atoms with Crippen molar-refractivity contribution in [2.24, 2.45) is 14.1 Å². The summed E-state index contributed by atoms with van der Waals surface area (Å²) in [4.78, 5) is 58.6. The molecule has 0 aromatic carbocycles. The Kier molecular flexibility index (Phi) is 60.8. The van der Waals surface area contributed by atoms with E-state index in [1.807, 2.05) is 157 Å². The monoisotopic (exact) mass is 1900 g/mol. The zero-order valence-corrected chi connectivity index (χ0v) is 91.9. The van der Waals surface area contributed by atoms with Crippen molar-refractivity contribution < 1.29 is 4.39 Å².